The first-order valence-corrected chi connectivity index (χ1v) is 7.56. The van der Waals surface area contributed by atoms with Gasteiger partial charge in [-0.05, 0) is 13.3 Å². The molecular formula is C11H15N3O3S. The lowest BCUT2D eigenvalue weighted by molar-refractivity contribution is 0.0721. The highest BCUT2D eigenvalue weighted by molar-refractivity contribution is 7.91. The molecule has 18 heavy (non-hydrogen) atoms. The van der Waals surface area contributed by atoms with Crippen LogP contribution in [-0.2, 0) is 16.4 Å². The fourth-order valence-corrected chi connectivity index (χ4v) is 4.32. The molecule has 6 nitrogen and oxygen atoms in total. The van der Waals surface area contributed by atoms with Gasteiger partial charge in [0.15, 0.2) is 9.84 Å². The smallest absolute Gasteiger partial charge is 0.152 e. The van der Waals surface area contributed by atoms with Crippen molar-refractivity contribution < 1.29 is 13.5 Å². The molecule has 0 saturated carbocycles. The zero-order chi connectivity index (χ0) is 13.4. The van der Waals surface area contributed by atoms with Crippen LogP contribution in [0.5, 0.6) is 0 Å². The number of nitriles is 1. The summed E-state index contributed by atoms with van der Waals surface area (Å²) < 4.78 is 24.8. The van der Waals surface area contributed by atoms with E-state index in [-0.39, 0.29) is 17.9 Å². The van der Waals surface area contributed by atoms with Crippen molar-refractivity contribution >= 4 is 9.84 Å². The summed E-state index contributed by atoms with van der Waals surface area (Å²) in [6.45, 7) is 2.50. The summed E-state index contributed by atoms with van der Waals surface area (Å²) in [4.78, 5) is 3.93. The molecule has 2 rings (SSSR count). The monoisotopic (exact) mass is 269 g/mol. The van der Waals surface area contributed by atoms with Crippen LogP contribution in [0, 0.1) is 16.7 Å². The van der Waals surface area contributed by atoms with Crippen LogP contribution in [0.1, 0.15) is 25.1 Å². The van der Waals surface area contributed by atoms with Gasteiger partial charge in [0.05, 0.1) is 35.8 Å². The molecule has 7 heteroatoms. The van der Waals surface area contributed by atoms with Crippen LogP contribution in [0.2, 0.25) is 0 Å². The predicted molar refractivity (Wildman–Crippen MR) is 64.2 cm³/mol. The number of aliphatic hydroxyl groups is 1. The third-order valence-electron chi connectivity index (χ3n) is 3.45. The third kappa shape index (κ3) is 2.02. The molecule has 2 heterocycles. The van der Waals surface area contributed by atoms with Gasteiger partial charge in [0.2, 0.25) is 0 Å². The molecule has 1 fully saturated rings. The molecule has 98 valence electrons. The number of aromatic nitrogens is 2. The van der Waals surface area contributed by atoms with E-state index >= 15 is 0 Å². The van der Waals surface area contributed by atoms with Gasteiger partial charge >= 0.3 is 0 Å². The first-order chi connectivity index (χ1) is 8.44. The van der Waals surface area contributed by atoms with Crippen molar-refractivity contribution in [2.45, 2.75) is 26.0 Å². The topological polar surface area (TPSA) is 96.0 Å². The number of rotatable bonds is 3. The van der Waals surface area contributed by atoms with Crippen molar-refractivity contribution in [2.24, 2.45) is 5.41 Å². The van der Waals surface area contributed by atoms with Crippen molar-refractivity contribution in [3.05, 3.63) is 18.2 Å². The van der Waals surface area contributed by atoms with Gasteiger partial charge in [-0.1, -0.05) is 0 Å². The fourth-order valence-electron chi connectivity index (χ4n) is 2.35. The van der Waals surface area contributed by atoms with Crippen molar-refractivity contribution in [3.63, 3.8) is 0 Å². The Morgan fingerprint density at radius 3 is 2.94 bits per heavy atom. The summed E-state index contributed by atoms with van der Waals surface area (Å²) in [5.41, 5.74) is -0.748. The highest BCUT2D eigenvalue weighted by Crippen LogP contribution is 2.42. The van der Waals surface area contributed by atoms with E-state index in [1.807, 2.05) is 13.0 Å². The van der Waals surface area contributed by atoms with Gasteiger partial charge in [-0.3, -0.25) is 0 Å². The van der Waals surface area contributed by atoms with Gasteiger partial charge in [-0.2, -0.15) is 5.26 Å². The van der Waals surface area contributed by atoms with E-state index in [0.717, 1.165) is 0 Å². The number of imidazole rings is 1. The van der Waals surface area contributed by atoms with E-state index < -0.39 is 21.4 Å². The first-order valence-electron chi connectivity index (χ1n) is 5.74. The molecule has 0 aliphatic carbocycles. The van der Waals surface area contributed by atoms with E-state index in [4.69, 9.17) is 0 Å². The Balaban J connectivity index is 2.39. The maximum absolute atomic E-state index is 11.5. The molecule has 0 amide bonds. The van der Waals surface area contributed by atoms with Crippen molar-refractivity contribution in [2.75, 3.05) is 11.5 Å². The second kappa shape index (κ2) is 4.37. The molecule has 1 N–H and O–H groups in total. The summed E-state index contributed by atoms with van der Waals surface area (Å²) in [5, 5.41) is 19.6. The molecule has 1 aromatic rings. The van der Waals surface area contributed by atoms with Crippen LogP contribution in [-0.4, -0.2) is 34.6 Å². The lowest BCUT2D eigenvalue weighted by Crippen LogP contribution is -2.30. The Bertz CT molecular complexity index is 587. The Labute approximate surface area is 106 Å². The minimum absolute atomic E-state index is 0.0438. The van der Waals surface area contributed by atoms with Gasteiger partial charge in [0, 0.05) is 6.54 Å². The van der Waals surface area contributed by atoms with Crippen LogP contribution in [0.3, 0.4) is 0 Å². The number of hydrogen-bond donors (Lipinski definition) is 1. The summed E-state index contributed by atoms with van der Waals surface area (Å²) in [7, 11) is -3.23. The standard InChI is InChI=1S/C11H15N3O3S/c1-2-14-8-13-5-9(14)10(15)11(6-12)3-4-18(16,17)7-11/h5,8,10,15H,2-4,7H2,1H3. The Morgan fingerprint density at radius 1 is 1.72 bits per heavy atom. The minimum Gasteiger partial charge on any atom is -0.385 e. The lowest BCUT2D eigenvalue weighted by Gasteiger charge is -2.26. The van der Waals surface area contributed by atoms with Gasteiger partial charge in [0.1, 0.15) is 11.5 Å². The minimum atomic E-state index is -3.23. The summed E-state index contributed by atoms with van der Waals surface area (Å²) in [6, 6.07) is 2.00. The van der Waals surface area contributed by atoms with E-state index in [1.165, 1.54) is 6.20 Å². The number of sulfone groups is 1. The molecule has 2 unspecified atom stereocenters. The number of nitrogens with zero attached hydrogens (tertiary/aromatic N) is 3. The Morgan fingerprint density at radius 2 is 2.44 bits per heavy atom. The van der Waals surface area contributed by atoms with Crippen LogP contribution < -0.4 is 0 Å². The van der Waals surface area contributed by atoms with E-state index in [0.29, 0.717) is 12.2 Å². The molecule has 1 aliphatic heterocycles. The Kier molecular flexibility index (Phi) is 3.17. The number of aryl methyl sites for hydroxylation is 1. The highest BCUT2D eigenvalue weighted by atomic mass is 32.2. The first kappa shape index (κ1) is 13.1. The second-order valence-corrected chi connectivity index (χ2v) is 6.80. The third-order valence-corrected chi connectivity index (χ3v) is 5.23. The predicted octanol–water partition coefficient (Wildman–Crippen LogP) is 0.265. The SMILES string of the molecule is CCn1cncc1C(O)C1(C#N)CCS(=O)(=O)C1. The van der Waals surface area contributed by atoms with Crippen LogP contribution in [0.25, 0.3) is 0 Å². The summed E-state index contributed by atoms with van der Waals surface area (Å²) >= 11 is 0. The molecule has 1 saturated heterocycles. The molecule has 0 bridgehead atoms. The van der Waals surface area contributed by atoms with E-state index in [2.05, 4.69) is 4.98 Å². The van der Waals surface area contributed by atoms with Crippen LogP contribution >= 0.6 is 0 Å². The van der Waals surface area contributed by atoms with Gasteiger partial charge in [0.25, 0.3) is 0 Å². The average molecular weight is 269 g/mol. The highest BCUT2D eigenvalue weighted by Gasteiger charge is 2.49. The van der Waals surface area contributed by atoms with Gasteiger partial charge in [-0.25, -0.2) is 13.4 Å². The molecular weight excluding hydrogens is 254 g/mol. The number of aliphatic hydroxyl groups excluding tert-OH is 1. The normalized spacial score (nSPS) is 27.8. The molecule has 0 aromatic carbocycles. The second-order valence-electron chi connectivity index (χ2n) is 4.62. The van der Waals surface area contributed by atoms with E-state index in [9.17, 15) is 18.8 Å². The maximum Gasteiger partial charge on any atom is 0.152 e. The summed E-state index contributed by atoms with van der Waals surface area (Å²) in [5.74, 6) is -0.329. The molecule has 0 spiro atoms. The lowest BCUT2D eigenvalue weighted by atomic mass is 9.81. The Hall–Kier alpha value is -1.39. The largest absolute Gasteiger partial charge is 0.385 e. The average Bonchev–Trinajstić information content (AvgIpc) is 2.92. The van der Waals surface area contributed by atoms with Crippen molar-refractivity contribution in [1.82, 2.24) is 9.55 Å². The zero-order valence-corrected chi connectivity index (χ0v) is 10.9. The van der Waals surface area contributed by atoms with Gasteiger partial charge < -0.3 is 9.67 Å². The van der Waals surface area contributed by atoms with Gasteiger partial charge in [-0.15, -0.1) is 0 Å². The maximum atomic E-state index is 11.5. The zero-order valence-electron chi connectivity index (χ0n) is 10.1. The summed E-state index contributed by atoms with van der Waals surface area (Å²) in [6.07, 6.45) is 2.09. The van der Waals surface area contributed by atoms with Crippen molar-refractivity contribution in [3.8, 4) is 6.07 Å². The molecule has 1 aliphatic rings. The molecule has 1 aromatic heterocycles. The number of hydrogen-bond acceptors (Lipinski definition) is 5. The van der Waals surface area contributed by atoms with Crippen LogP contribution in [0.15, 0.2) is 12.5 Å². The fraction of sp³-hybridized carbons (Fsp3) is 0.636. The quantitative estimate of drug-likeness (QED) is 0.849. The molecule has 2 atom stereocenters. The van der Waals surface area contributed by atoms with Crippen molar-refractivity contribution in [1.29, 1.82) is 5.26 Å². The molecule has 0 radical (unpaired) electrons. The van der Waals surface area contributed by atoms with Crippen LogP contribution in [0.4, 0.5) is 0 Å². The van der Waals surface area contributed by atoms with E-state index in [1.54, 1.807) is 10.9 Å².